The van der Waals surface area contributed by atoms with Gasteiger partial charge in [0.1, 0.15) is 9.88 Å². The van der Waals surface area contributed by atoms with Crippen molar-refractivity contribution < 1.29 is 4.79 Å². The Labute approximate surface area is 155 Å². The number of amides is 1. The number of benzene rings is 1. The van der Waals surface area contributed by atoms with E-state index in [0.717, 1.165) is 47.1 Å². The van der Waals surface area contributed by atoms with Gasteiger partial charge < -0.3 is 4.90 Å². The maximum atomic E-state index is 12.9. The van der Waals surface area contributed by atoms with Gasteiger partial charge in [0.05, 0.1) is 10.7 Å². The summed E-state index contributed by atoms with van der Waals surface area (Å²) in [6.07, 6.45) is 3.84. The molecule has 25 heavy (non-hydrogen) atoms. The first-order valence-corrected chi connectivity index (χ1v) is 10.1. The summed E-state index contributed by atoms with van der Waals surface area (Å²) < 4.78 is 0. The highest BCUT2D eigenvalue weighted by molar-refractivity contribution is 7.17. The maximum Gasteiger partial charge on any atom is 0.265 e. The molecule has 0 N–H and O–H groups in total. The van der Waals surface area contributed by atoms with E-state index in [0.29, 0.717) is 5.92 Å². The molecule has 1 saturated heterocycles. The molecule has 1 amide bonds. The van der Waals surface area contributed by atoms with Crippen LogP contribution in [0.25, 0.3) is 10.6 Å². The SMILES string of the molecule is Cc1nc(-c2ccccc2)sc1C(=O)N1CCC(c2nccs2)CC1. The molecule has 3 aromatic rings. The molecule has 6 heteroatoms. The maximum absolute atomic E-state index is 12.9. The van der Waals surface area contributed by atoms with Gasteiger partial charge in [-0.3, -0.25) is 4.79 Å². The average molecular weight is 370 g/mol. The van der Waals surface area contributed by atoms with Crippen LogP contribution in [0.5, 0.6) is 0 Å². The van der Waals surface area contributed by atoms with Crippen LogP contribution in [-0.2, 0) is 0 Å². The zero-order valence-electron chi connectivity index (χ0n) is 14.0. The van der Waals surface area contributed by atoms with E-state index in [9.17, 15) is 4.79 Å². The lowest BCUT2D eigenvalue weighted by molar-refractivity contribution is 0.0717. The topological polar surface area (TPSA) is 46.1 Å². The molecule has 1 aliphatic rings. The molecular formula is C19H19N3OS2. The summed E-state index contributed by atoms with van der Waals surface area (Å²) in [4.78, 5) is 24.7. The molecule has 0 atom stereocenters. The lowest BCUT2D eigenvalue weighted by Gasteiger charge is -2.30. The molecule has 0 saturated carbocycles. The van der Waals surface area contributed by atoms with Gasteiger partial charge in [-0.2, -0.15) is 0 Å². The number of likely N-dealkylation sites (tertiary alicyclic amines) is 1. The summed E-state index contributed by atoms with van der Waals surface area (Å²) in [5, 5.41) is 4.14. The minimum Gasteiger partial charge on any atom is -0.338 e. The van der Waals surface area contributed by atoms with Gasteiger partial charge in [-0.05, 0) is 19.8 Å². The van der Waals surface area contributed by atoms with E-state index in [1.165, 1.54) is 16.3 Å². The Morgan fingerprint density at radius 3 is 2.64 bits per heavy atom. The molecule has 0 aliphatic carbocycles. The van der Waals surface area contributed by atoms with Gasteiger partial charge >= 0.3 is 0 Å². The third kappa shape index (κ3) is 3.37. The minimum absolute atomic E-state index is 0.120. The Hall–Kier alpha value is -2.05. The van der Waals surface area contributed by atoms with Crippen molar-refractivity contribution in [3.63, 3.8) is 0 Å². The molecule has 1 aliphatic heterocycles. The number of thiazole rings is 2. The van der Waals surface area contributed by atoms with Crippen molar-refractivity contribution in [1.29, 1.82) is 0 Å². The molecule has 0 spiro atoms. The fourth-order valence-corrected chi connectivity index (χ4v) is 5.06. The lowest BCUT2D eigenvalue weighted by Crippen LogP contribution is -2.37. The predicted molar refractivity (Wildman–Crippen MR) is 102 cm³/mol. The van der Waals surface area contributed by atoms with Crippen LogP contribution in [0.1, 0.15) is 39.1 Å². The van der Waals surface area contributed by atoms with E-state index in [2.05, 4.69) is 9.97 Å². The number of rotatable bonds is 3. The molecule has 4 nitrogen and oxygen atoms in total. The largest absolute Gasteiger partial charge is 0.338 e. The molecule has 0 bridgehead atoms. The van der Waals surface area contributed by atoms with Crippen LogP contribution in [-0.4, -0.2) is 33.9 Å². The Kier molecular flexibility index (Phi) is 4.63. The van der Waals surface area contributed by atoms with E-state index in [-0.39, 0.29) is 5.91 Å². The number of carbonyl (C=O) groups excluding carboxylic acids is 1. The van der Waals surface area contributed by atoms with Crippen molar-refractivity contribution in [2.24, 2.45) is 0 Å². The van der Waals surface area contributed by atoms with E-state index >= 15 is 0 Å². The minimum atomic E-state index is 0.120. The van der Waals surface area contributed by atoms with Crippen LogP contribution in [0, 0.1) is 6.92 Å². The van der Waals surface area contributed by atoms with E-state index in [1.807, 2.05) is 53.7 Å². The van der Waals surface area contributed by atoms with Gasteiger partial charge in [0.2, 0.25) is 0 Å². The number of aromatic nitrogens is 2. The Balaban J connectivity index is 1.48. The number of aryl methyl sites for hydroxylation is 1. The molecule has 3 heterocycles. The number of nitrogens with zero attached hydrogens (tertiary/aromatic N) is 3. The first kappa shape index (κ1) is 16.4. The number of hydrogen-bond donors (Lipinski definition) is 0. The van der Waals surface area contributed by atoms with E-state index in [4.69, 9.17) is 0 Å². The Morgan fingerprint density at radius 2 is 1.96 bits per heavy atom. The van der Waals surface area contributed by atoms with Crippen molar-refractivity contribution in [2.45, 2.75) is 25.7 Å². The standard InChI is InChI=1S/C19H19N3OS2/c1-13-16(25-18(21-13)14-5-3-2-4-6-14)19(23)22-10-7-15(8-11-22)17-20-9-12-24-17/h2-6,9,12,15H,7-8,10-11H2,1H3. The molecule has 1 aromatic carbocycles. The molecule has 0 unspecified atom stereocenters. The normalized spacial score (nSPS) is 15.5. The second kappa shape index (κ2) is 7.06. The van der Waals surface area contributed by atoms with E-state index < -0.39 is 0 Å². The lowest BCUT2D eigenvalue weighted by atomic mass is 9.97. The number of carbonyl (C=O) groups is 1. The van der Waals surface area contributed by atoms with Gasteiger partial charge in [-0.1, -0.05) is 30.3 Å². The quantitative estimate of drug-likeness (QED) is 0.678. The predicted octanol–water partition coefficient (Wildman–Crippen LogP) is 4.59. The van der Waals surface area contributed by atoms with Gasteiger partial charge in [0, 0.05) is 36.1 Å². The first-order valence-electron chi connectivity index (χ1n) is 8.44. The molecule has 128 valence electrons. The van der Waals surface area contributed by atoms with Crippen LogP contribution in [0.4, 0.5) is 0 Å². The fraction of sp³-hybridized carbons (Fsp3) is 0.316. The highest BCUT2D eigenvalue weighted by atomic mass is 32.1. The van der Waals surface area contributed by atoms with Crippen molar-refractivity contribution in [1.82, 2.24) is 14.9 Å². The molecule has 0 radical (unpaired) electrons. The summed E-state index contributed by atoms with van der Waals surface area (Å²) in [7, 11) is 0. The third-order valence-electron chi connectivity index (χ3n) is 4.59. The van der Waals surface area contributed by atoms with Crippen molar-refractivity contribution in [3.05, 3.63) is 57.5 Å². The second-order valence-corrected chi connectivity index (χ2v) is 8.16. The monoisotopic (exact) mass is 369 g/mol. The van der Waals surface area contributed by atoms with Crippen molar-refractivity contribution in [2.75, 3.05) is 13.1 Å². The fourth-order valence-electron chi connectivity index (χ4n) is 3.21. The van der Waals surface area contributed by atoms with Crippen LogP contribution in [0.3, 0.4) is 0 Å². The van der Waals surface area contributed by atoms with Gasteiger partial charge in [0.15, 0.2) is 0 Å². The Bertz CT molecular complexity index is 850. The van der Waals surface area contributed by atoms with Crippen molar-refractivity contribution in [3.8, 4) is 10.6 Å². The van der Waals surface area contributed by atoms with Crippen LogP contribution < -0.4 is 0 Å². The number of hydrogen-bond acceptors (Lipinski definition) is 5. The average Bonchev–Trinajstić information content (AvgIpc) is 3.32. The summed E-state index contributed by atoms with van der Waals surface area (Å²) in [5.41, 5.74) is 1.90. The van der Waals surface area contributed by atoms with Gasteiger partial charge in [-0.15, -0.1) is 22.7 Å². The van der Waals surface area contributed by atoms with Crippen LogP contribution in [0.2, 0.25) is 0 Å². The number of piperidine rings is 1. The zero-order valence-corrected chi connectivity index (χ0v) is 15.6. The van der Waals surface area contributed by atoms with Gasteiger partial charge in [-0.25, -0.2) is 9.97 Å². The zero-order chi connectivity index (χ0) is 17.2. The third-order valence-corrected chi connectivity index (χ3v) is 6.73. The summed E-state index contributed by atoms with van der Waals surface area (Å²) >= 11 is 3.22. The molecule has 1 fully saturated rings. The van der Waals surface area contributed by atoms with E-state index in [1.54, 1.807) is 11.3 Å². The van der Waals surface area contributed by atoms with Gasteiger partial charge in [0.25, 0.3) is 5.91 Å². The van der Waals surface area contributed by atoms with Crippen LogP contribution in [0.15, 0.2) is 41.9 Å². The highest BCUT2D eigenvalue weighted by Crippen LogP contribution is 2.32. The van der Waals surface area contributed by atoms with Crippen LogP contribution >= 0.6 is 22.7 Å². The second-order valence-electron chi connectivity index (χ2n) is 6.24. The smallest absolute Gasteiger partial charge is 0.265 e. The molecule has 4 rings (SSSR count). The van der Waals surface area contributed by atoms with Crippen molar-refractivity contribution >= 4 is 28.6 Å². The highest BCUT2D eigenvalue weighted by Gasteiger charge is 2.28. The summed E-state index contributed by atoms with van der Waals surface area (Å²) in [6, 6.07) is 10.1. The Morgan fingerprint density at radius 1 is 1.20 bits per heavy atom. The summed E-state index contributed by atoms with van der Waals surface area (Å²) in [5.74, 6) is 0.612. The first-order chi connectivity index (χ1) is 12.2. The summed E-state index contributed by atoms with van der Waals surface area (Å²) in [6.45, 7) is 3.51. The molecule has 2 aromatic heterocycles. The molecular weight excluding hydrogens is 350 g/mol.